The van der Waals surface area contributed by atoms with Crippen molar-refractivity contribution < 1.29 is 10.0 Å². The second kappa shape index (κ2) is 8.65. The molecule has 0 aliphatic heterocycles. The van der Waals surface area contributed by atoms with Crippen LogP contribution in [-0.4, -0.2) is 17.2 Å². The monoisotopic (exact) mass is 282 g/mol. The standard InChI is InChI=1S/C18H23BO2/c20-19(21)18-14-8-13-17(15-18)12-5-2-1-4-9-16-10-6-3-7-11-16/h3,6-8,10-11,13-15,20-21H,1-2,4-5,9,12H2. The summed E-state index contributed by atoms with van der Waals surface area (Å²) in [6.45, 7) is 0. The van der Waals surface area contributed by atoms with Gasteiger partial charge in [0.05, 0.1) is 0 Å². The Hall–Kier alpha value is -1.58. The van der Waals surface area contributed by atoms with Gasteiger partial charge in [-0.3, -0.25) is 0 Å². The Morgan fingerprint density at radius 3 is 1.95 bits per heavy atom. The third-order valence-corrected chi connectivity index (χ3v) is 3.77. The Bertz CT molecular complexity index is 526. The fourth-order valence-electron chi connectivity index (χ4n) is 2.57. The van der Waals surface area contributed by atoms with E-state index in [2.05, 4.69) is 36.4 Å². The zero-order valence-electron chi connectivity index (χ0n) is 12.4. The van der Waals surface area contributed by atoms with Gasteiger partial charge in [-0.1, -0.05) is 67.4 Å². The average molecular weight is 282 g/mol. The Morgan fingerprint density at radius 1 is 0.667 bits per heavy atom. The van der Waals surface area contributed by atoms with Crippen LogP contribution < -0.4 is 5.46 Å². The summed E-state index contributed by atoms with van der Waals surface area (Å²) in [4.78, 5) is 0. The van der Waals surface area contributed by atoms with E-state index in [4.69, 9.17) is 10.0 Å². The summed E-state index contributed by atoms with van der Waals surface area (Å²) >= 11 is 0. The molecule has 0 heterocycles. The van der Waals surface area contributed by atoms with Gasteiger partial charge in [-0.25, -0.2) is 0 Å². The molecule has 0 bridgehead atoms. The highest BCUT2D eigenvalue weighted by molar-refractivity contribution is 6.58. The summed E-state index contributed by atoms with van der Waals surface area (Å²) in [5.41, 5.74) is 3.18. The molecule has 0 aliphatic rings. The summed E-state index contributed by atoms with van der Waals surface area (Å²) < 4.78 is 0. The van der Waals surface area contributed by atoms with Gasteiger partial charge in [0.25, 0.3) is 0 Å². The van der Waals surface area contributed by atoms with E-state index in [0.29, 0.717) is 5.46 Å². The number of hydrogen-bond acceptors (Lipinski definition) is 2. The molecule has 0 aromatic heterocycles. The first kappa shape index (κ1) is 15.8. The first-order chi connectivity index (χ1) is 10.3. The molecule has 0 saturated heterocycles. The number of hydrogen-bond donors (Lipinski definition) is 2. The lowest BCUT2D eigenvalue weighted by atomic mass is 9.79. The van der Waals surface area contributed by atoms with E-state index < -0.39 is 7.12 Å². The highest BCUT2D eigenvalue weighted by atomic mass is 16.4. The van der Waals surface area contributed by atoms with Crippen molar-refractivity contribution in [1.82, 2.24) is 0 Å². The van der Waals surface area contributed by atoms with Crippen LogP contribution >= 0.6 is 0 Å². The predicted molar refractivity (Wildman–Crippen MR) is 88.6 cm³/mol. The molecule has 0 fully saturated rings. The predicted octanol–water partition coefficient (Wildman–Crippen LogP) is 2.71. The Balaban J connectivity index is 1.62. The second-order valence-corrected chi connectivity index (χ2v) is 5.52. The third kappa shape index (κ3) is 5.74. The minimum absolute atomic E-state index is 0.580. The lowest BCUT2D eigenvalue weighted by molar-refractivity contribution is 0.425. The van der Waals surface area contributed by atoms with Gasteiger partial charge in [0.15, 0.2) is 0 Å². The van der Waals surface area contributed by atoms with Crippen LogP contribution in [0.5, 0.6) is 0 Å². The zero-order chi connectivity index (χ0) is 14.9. The van der Waals surface area contributed by atoms with Crippen molar-refractivity contribution in [2.24, 2.45) is 0 Å². The Kier molecular flexibility index (Phi) is 6.51. The summed E-state index contributed by atoms with van der Waals surface area (Å²) in [5.74, 6) is 0. The van der Waals surface area contributed by atoms with Crippen LogP contribution in [-0.2, 0) is 12.8 Å². The summed E-state index contributed by atoms with van der Waals surface area (Å²) in [6.07, 6.45) is 7.02. The van der Waals surface area contributed by atoms with Crippen LogP contribution in [0, 0.1) is 0 Å². The van der Waals surface area contributed by atoms with Crippen molar-refractivity contribution in [3.63, 3.8) is 0 Å². The normalized spacial score (nSPS) is 10.6. The Morgan fingerprint density at radius 2 is 1.29 bits per heavy atom. The van der Waals surface area contributed by atoms with Gasteiger partial charge in [0, 0.05) is 0 Å². The number of rotatable bonds is 8. The molecule has 2 aromatic carbocycles. The van der Waals surface area contributed by atoms with E-state index in [1.54, 1.807) is 6.07 Å². The smallest absolute Gasteiger partial charge is 0.423 e. The van der Waals surface area contributed by atoms with E-state index in [-0.39, 0.29) is 0 Å². The maximum absolute atomic E-state index is 9.15. The molecule has 0 radical (unpaired) electrons. The van der Waals surface area contributed by atoms with E-state index >= 15 is 0 Å². The van der Waals surface area contributed by atoms with E-state index in [1.165, 1.54) is 30.4 Å². The van der Waals surface area contributed by atoms with Crippen LogP contribution in [0.2, 0.25) is 0 Å². The molecule has 0 amide bonds. The third-order valence-electron chi connectivity index (χ3n) is 3.77. The van der Waals surface area contributed by atoms with Crippen molar-refractivity contribution >= 4 is 12.6 Å². The molecule has 0 spiro atoms. The van der Waals surface area contributed by atoms with Crippen LogP contribution in [0.15, 0.2) is 54.6 Å². The molecule has 2 N–H and O–H groups in total. The SMILES string of the molecule is OB(O)c1cccc(CCCCCCc2ccccc2)c1. The lowest BCUT2D eigenvalue weighted by Gasteiger charge is -2.05. The summed E-state index contributed by atoms with van der Waals surface area (Å²) in [5, 5.41) is 18.3. The van der Waals surface area contributed by atoms with Crippen molar-refractivity contribution in [1.29, 1.82) is 0 Å². The largest absolute Gasteiger partial charge is 0.488 e. The topological polar surface area (TPSA) is 40.5 Å². The van der Waals surface area contributed by atoms with Gasteiger partial charge < -0.3 is 10.0 Å². The van der Waals surface area contributed by atoms with Crippen LogP contribution in [0.4, 0.5) is 0 Å². The maximum Gasteiger partial charge on any atom is 0.488 e. The molecule has 3 heteroatoms. The average Bonchev–Trinajstić information content (AvgIpc) is 2.52. The molecule has 2 rings (SSSR count). The minimum Gasteiger partial charge on any atom is -0.423 e. The number of aryl methyl sites for hydroxylation is 2. The van der Waals surface area contributed by atoms with E-state index in [0.717, 1.165) is 19.3 Å². The van der Waals surface area contributed by atoms with Gasteiger partial charge in [-0.2, -0.15) is 0 Å². The molecule has 0 aliphatic carbocycles. The number of unbranched alkanes of at least 4 members (excludes halogenated alkanes) is 3. The van der Waals surface area contributed by atoms with Crippen LogP contribution in [0.3, 0.4) is 0 Å². The van der Waals surface area contributed by atoms with Crippen molar-refractivity contribution in [3.8, 4) is 0 Å². The molecule has 0 saturated carbocycles. The van der Waals surface area contributed by atoms with Gasteiger partial charge in [0.1, 0.15) is 0 Å². The fraction of sp³-hybridized carbons (Fsp3) is 0.333. The molecule has 110 valence electrons. The molecule has 0 unspecified atom stereocenters. The summed E-state index contributed by atoms with van der Waals surface area (Å²) in [7, 11) is -1.36. The lowest BCUT2D eigenvalue weighted by Crippen LogP contribution is -2.29. The highest BCUT2D eigenvalue weighted by Crippen LogP contribution is 2.10. The molecular formula is C18H23BO2. The van der Waals surface area contributed by atoms with Crippen molar-refractivity contribution in [3.05, 3.63) is 65.7 Å². The Labute approximate surface area is 127 Å². The fourth-order valence-corrected chi connectivity index (χ4v) is 2.57. The first-order valence-electron chi connectivity index (χ1n) is 7.74. The molecule has 0 atom stereocenters. The number of benzene rings is 2. The maximum atomic E-state index is 9.15. The van der Waals surface area contributed by atoms with Gasteiger partial charge in [-0.05, 0) is 42.3 Å². The molecule has 2 aromatic rings. The van der Waals surface area contributed by atoms with Gasteiger partial charge in [-0.15, -0.1) is 0 Å². The summed E-state index contributed by atoms with van der Waals surface area (Å²) in [6, 6.07) is 18.2. The molecule has 21 heavy (non-hydrogen) atoms. The highest BCUT2D eigenvalue weighted by Gasteiger charge is 2.10. The van der Waals surface area contributed by atoms with Crippen molar-refractivity contribution in [2.45, 2.75) is 38.5 Å². The molecular weight excluding hydrogens is 259 g/mol. The molecule has 2 nitrogen and oxygen atoms in total. The van der Waals surface area contributed by atoms with E-state index in [9.17, 15) is 0 Å². The minimum atomic E-state index is -1.36. The van der Waals surface area contributed by atoms with Gasteiger partial charge >= 0.3 is 7.12 Å². The van der Waals surface area contributed by atoms with Crippen LogP contribution in [0.25, 0.3) is 0 Å². The zero-order valence-corrected chi connectivity index (χ0v) is 12.4. The second-order valence-electron chi connectivity index (χ2n) is 5.52. The van der Waals surface area contributed by atoms with Crippen LogP contribution in [0.1, 0.15) is 36.8 Å². The van der Waals surface area contributed by atoms with E-state index in [1.807, 2.05) is 12.1 Å². The quantitative estimate of drug-likeness (QED) is 0.577. The van der Waals surface area contributed by atoms with Gasteiger partial charge in [0.2, 0.25) is 0 Å². The van der Waals surface area contributed by atoms with Crippen molar-refractivity contribution in [2.75, 3.05) is 0 Å². The first-order valence-corrected chi connectivity index (χ1v) is 7.74.